The number of ether oxygens (including phenoxy) is 1. The Labute approximate surface area is 140 Å². The first-order valence-electron chi connectivity index (χ1n) is 7.82. The lowest BCUT2D eigenvalue weighted by atomic mass is 10.0. The summed E-state index contributed by atoms with van der Waals surface area (Å²) in [6, 6.07) is 3.66. The van der Waals surface area contributed by atoms with Gasteiger partial charge in [0.1, 0.15) is 18.2 Å². The van der Waals surface area contributed by atoms with Crippen molar-refractivity contribution in [1.82, 2.24) is 24.8 Å². The van der Waals surface area contributed by atoms with Crippen molar-refractivity contribution >= 4 is 17.7 Å². The van der Waals surface area contributed by atoms with Crippen LogP contribution >= 0.6 is 0 Å². The lowest BCUT2D eigenvalue weighted by molar-refractivity contribution is -0.134. The molecule has 0 aliphatic carbocycles. The maximum absolute atomic E-state index is 11.9. The van der Waals surface area contributed by atoms with Crippen LogP contribution < -0.4 is 5.32 Å². The van der Waals surface area contributed by atoms with Crippen LogP contribution in [0.25, 0.3) is 0 Å². The van der Waals surface area contributed by atoms with Gasteiger partial charge in [-0.25, -0.2) is 19.9 Å². The highest BCUT2D eigenvalue weighted by molar-refractivity contribution is 5.77. The minimum Gasteiger partial charge on any atom is -0.375 e. The normalized spacial score (nSPS) is 17.1. The van der Waals surface area contributed by atoms with E-state index in [2.05, 4.69) is 25.3 Å². The molecule has 1 aliphatic heterocycles. The van der Waals surface area contributed by atoms with Crippen LogP contribution in [0.4, 0.5) is 11.8 Å². The maximum Gasteiger partial charge on any atom is 0.248 e. The van der Waals surface area contributed by atoms with Gasteiger partial charge >= 0.3 is 0 Å². The third-order valence-corrected chi connectivity index (χ3v) is 3.89. The largest absolute Gasteiger partial charge is 0.375 e. The molecule has 126 valence electrons. The molecule has 1 saturated heterocycles. The number of anilines is 2. The lowest BCUT2D eigenvalue weighted by Gasteiger charge is -2.16. The molecule has 0 aromatic carbocycles. The molecule has 1 N–H and O–H groups in total. The number of aryl methyl sites for hydroxylation is 1. The van der Waals surface area contributed by atoms with Crippen LogP contribution in [0.5, 0.6) is 0 Å². The molecule has 0 radical (unpaired) electrons. The molecule has 0 bridgehead atoms. The average molecular weight is 328 g/mol. The molecule has 0 spiro atoms. The zero-order valence-electron chi connectivity index (χ0n) is 13.8. The number of rotatable bonds is 5. The molecule has 24 heavy (non-hydrogen) atoms. The van der Waals surface area contributed by atoms with E-state index in [4.69, 9.17) is 4.74 Å². The molecular weight excluding hydrogens is 308 g/mol. The molecule has 1 amide bonds. The van der Waals surface area contributed by atoms with Gasteiger partial charge in [-0.2, -0.15) is 0 Å². The second-order valence-corrected chi connectivity index (χ2v) is 5.68. The summed E-state index contributed by atoms with van der Waals surface area (Å²) >= 11 is 0. The van der Waals surface area contributed by atoms with Crippen LogP contribution in [0.2, 0.25) is 0 Å². The zero-order valence-corrected chi connectivity index (χ0v) is 13.8. The fraction of sp³-hybridized carbons (Fsp3) is 0.438. The van der Waals surface area contributed by atoms with Crippen molar-refractivity contribution in [2.75, 3.05) is 32.1 Å². The maximum atomic E-state index is 11.9. The molecule has 1 atom stereocenters. The summed E-state index contributed by atoms with van der Waals surface area (Å²) in [4.78, 5) is 30.9. The third-order valence-electron chi connectivity index (χ3n) is 3.89. The first kappa shape index (κ1) is 16.3. The summed E-state index contributed by atoms with van der Waals surface area (Å²) < 4.78 is 4.92. The Hall–Kier alpha value is -2.61. The van der Waals surface area contributed by atoms with Gasteiger partial charge in [-0.3, -0.25) is 4.79 Å². The Morgan fingerprint density at radius 3 is 2.92 bits per heavy atom. The molecule has 2 aromatic rings. The van der Waals surface area contributed by atoms with Crippen molar-refractivity contribution in [3.63, 3.8) is 0 Å². The summed E-state index contributed by atoms with van der Waals surface area (Å²) in [5, 5.41) is 3.09. The van der Waals surface area contributed by atoms with Gasteiger partial charge in [-0.05, 0) is 19.4 Å². The fourth-order valence-electron chi connectivity index (χ4n) is 2.79. The van der Waals surface area contributed by atoms with E-state index in [9.17, 15) is 4.79 Å². The number of aromatic nitrogens is 4. The molecule has 3 rings (SSSR count). The van der Waals surface area contributed by atoms with E-state index in [1.807, 2.05) is 17.9 Å². The molecule has 2 aromatic heterocycles. The van der Waals surface area contributed by atoms with Crippen LogP contribution in [-0.4, -0.2) is 57.5 Å². The number of nitrogens with one attached hydrogen (secondary N) is 1. The highest BCUT2D eigenvalue weighted by Gasteiger charge is 2.28. The molecule has 1 unspecified atom stereocenters. The van der Waals surface area contributed by atoms with E-state index < -0.39 is 0 Å². The number of carbonyl (C=O) groups is 1. The second kappa shape index (κ2) is 7.31. The van der Waals surface area contributed by atoms with Crippen molar-refractivity contribution in [3.8, 4) is 0 Å². The van der Waals surface area contributed by atoms with Crippen LogP contribution in [-0.2, 0) is 9.53 Å². The Bertz CT molecular complexity index is 709. The molecule has 3 heterocycles. The quantitative estimate of drug-likeness (QED) is 0.883. The molecular formula is C16H20N6O2. The van der Waals surface area contributed by atoms with E-state index in [0.29, 0.717) is 24.1 Å². The van der Waals surface area contributed by atoms with Crippen LogP contribution in [0.1, 0.15) is 23.9 Å². The summed E-state index contributed by atoms with van der Waals surface area (Å²) in [6.45, 7) is 3.34. The average Bonchev–Trinajstić information content (AvgIpc) is 3.06. The number of hydrogen-bond donors (Lipinski definition) is 1. The summed E-state index contributed by atoms with van der Waals surface area (Å²) in [6.07, 6.45) is 4.22. The number of amides is 1. The Kier molecular flexibility index (Phi) is 4.95. The van der Waals surface area contributed by atoms with Gasteiger partial charge in [-0.1, -0.05) is 0 Å². The number of likely N-dealkylation sites (tertiary alicyclic amines) is 1. The lowest BCUT2D eigenvalue weighted by Crippen LogP contribution is -2.31. The Morgan fingerprint density at radius 2 is 2.17 bits per heavy atom. The smallest absolute Gasteiger partial charge is 0.248 e. The SMILES string of the molecule is COCC(=O)N1CCC(c2cc(Nc3ncccn3)nc(C)n2)C1. The van der Waals surface area contributed by atoms with Crippen molar-refractivity contribution in [3.05, 3.63) is 36.0 Å². The first-order chi connectivity index (χ1) is 11.7. The van der Waals surface area contributed by atoms with Crippen LogP contribution in [0.15, 0.2) is 24.5 Å². The predicted molar refractivity (Wildman–Crippen MR) is 87.9 cm³/mol. The minimum atomic E-state index is 0.0156. The number of nitrogens with zero attached hydrogens (tertiary/aromatic N) is 5. The third kappa shape index (κ3) is 3.83. The molecule has 8 heteroatoms. The molecule has 1 aliphatic rings. The molecule has 8 nitrogen and oxygen atoms in total. The molecule has 1 fully saturated rings. The van der Waals surface area contributed by atoms with Gasteiger partial charge in [0.15, 0.2) is 0 Å². The topological polar surface area (TPSA) is 93.1 Å². The van der Waals surface area contributed by atoms with Gasteiger partial charge in [0.2, 0.25) is 11.9 Å². The summed E-state index contributed by atoms with van der Waals surface area (Å²) in [5.41, 5.74) is 0.925. The summed E-state index contributed by atoms with van der Waals surface area (Å²) in [5.74, 6) is 2.04. The van der Waals surface area contributed by atoms with Gasteiger partial charge < -0.3 is 15.0 Å². The fourth-order valence-corrected chi connectivity index (χ4v) is 2.79. The van der Waals surface area contributed by atoms with E-state index in [0.717, 1.165) is 18.7 Å². The van der Waals surface area contributed by atoms with E-state index in [1.54, 1.807) is 18.5 Å². The highest BCUT2D eigenvalue weighted by Crippen LogP contribution is 2.27. The van der Waals surface area contributed by atoms with E-state index in [1.165, 1.54) is 7.11 Å². The number of methoxy groups -OCH3 is 1. The Balaban J connectivity index is 1.73. The van der Waals surface area contributed by atoms with Gasteiger partial charge in [0.05, 0.1) is 5.69 Å². The highest BCUT2D eigenvalue weighted by atomic mass is 16.5. The minimum absolute atomic E-state index is 0.0156. The number of carbonyl (C=O) groups excluding carboxylic acids is 1. The van der Waals surface area contributed by atoms with Gasteiger partial charge in [0, 0.05) is 44.6 Å². The van der Waals surface area contributed by atoms with Crippen molar-refractivity contribution in [2.24, 2.45) is 0 Å². The molecule has 0 saturated carbocycles. The van der Waals surface area contributed by atoms with E-state index in [-0.39, 0.29) is 18.4 Å². The Morgan fingerprint density at radius 1 is 1.38 bits per heavy atom. The first-order valence-corrected chi connectivity index (χ1v) is 7.82. The van der Waals surface area contributed by atoms with Crippen molar-refractivity contribution < 1.29 is 9.53 Å². The zero-order chi connectivity index (χ0) is 16.9. The van der Waals surface area contributed by atoms with Crippen LogP contribution in [0.3, 0.4) is 0 Å². The predicted octanol–water partition coefficient (Wildman–Crippen LogP) is 1.28. The van der Waals surface area contributed by atoms with Gasteiger partial charge in [-0.15, -0.1) is 0 Å². The van der Waals surface area contributed by atoms with Gasteiger partial charge in [0.25, 0.3) is 0 Å². The monoisotopic (exact) mass is 328 g/mol. The standard InChI is InChI=1S/C16H20N6O2/c1-11-19-13(12-4-7-22(9-12)15(23)10-24-2)8-14(20-11)21-16-17-5-3-6-18-16/h3,5-6,8,12H,4,7,9-10H2,1-2H3,(H,17,18,19,20,21). The van der Waals surface area contributed by atoms with Crippen LogP contribution in [0, 0.1) is 6.92 Å². The number of hydrogen-bond acceptors (Lipinski definition) is 7. The van der Waals surface area contributed by atoms with Crippen molar-refractivity contribution in [2.45, 2.75) is 19.3 Å². The van der Waals surface area contributed by atoms with E-state index >= 15 is 0 Å². The summed E-state index contributed by atoms with van der Waals surface area (Å²) in [7, 11) is 1.53. The van der Waals surface area contributed by atoms with Crippen molar-refractivity contribution in [1.29, 1.82) is 0 Å². The second-order valence-electron chi connectivity index (χ2n) is 5.68.